The van der Waals surface area contributed by atoms with Gasteiger partial charge in [0.2, 0.25) is 5.91 Å². The second-order valence-corrected chi connectivity index (χ2v) is 5.44. The van der Waals surface area contributed by atoms with E-state index < -0.39 is 0 Å². The molecule has 2 aliphatic rings. The lowest BCUT2D eigenvalue weighted by Crippen LogP contribution is -2.52. The molecule has 0 saturated carbocycles. The lowest BCUT2D eigenvalue weighted by atomic mass is 10.1. The third-order valence-electron chi connectivity index (χ3n) is 4.16. The van der Waals surface area contributed by atoms with Crippen molar-refractivity contribution < 1.29 is 4.79 Å². The molecule has 2 fully saturated rings. The first-order chi connectivity index (χ1) is 10.3. The molecule has 6 nitrogen and oxygen atoms in total. The zero-order chi connectivity index (χ0) is 14.7. The lowest BCUT2D eigenvalue weighted by molar-refractivity contribution is -0.132. The van der Waals surface area contributed by atoms with Crippen LogP contribution in [0.15, 0.2) is 18.3 Å². The highest BCUT2D eigenvalue weighted by Crippen LogP contribution is 2.26. The molecule has 2 saturated heterocycles. The second kappa shape index (κ2) is 6.10. The summed E-state index contributed by atoms with van der Waals surface area (Å²) in [6.07, 6.45) is 3.60. The molecule has 1 unspecified atom stereocenters. The molecular weight excluding hydrogens is 266 g/mol. The van der Waals surface area contributed by atoms with Gasteiger partial charge in [-0.05, 0) is 25.0 Å². The summed E-state index contributed by atoms with van der Waals surface area (Å²) in [5.41, 5.74) is 1.34. The molecule has 110 valence electrons. The highest BCUT2D eigenvalue weighted by Gasteiger charge is 2.34. The van der Waals surface area contributed by atoms with Crippen LogP contribution in [0.5, 0.6) is 0 Å². The van der Waals surface area contributed by atoms with E-state index in [1.54, 1.807) is 12.3 Å². The molecule has 1 N–H and O–H groups in total. The van der Waals surface area contributed by atoms with Crippen molar-refractivity contribution in [3.8, 4) is 6.07 Å². The normalized spacial score (nSPS) is 22.1. The molecule has 3 rings (SSSR count). The summed E-state index contributed by atoms with van der Waals surface area (Å²) in [4.78, 5) is 20.9. The molecular formula is C15H19N5O. The summed E-state index contributed by atoms with van der Waals surface area (Å²) in [7, 11) is 0. The van der Waals surface area contributed by atoms with E-state index in [9.17, 15) is 4.79 Å². The van der Waals surface area contributed by atoms with Crippen LogP contribution in [0.4, 0.5) is 5.69 Å². The Morgan fingerprint density at radius 3 is 2.81 bits per heavy atom. The first-order valence-electron chi connectivity index (χ1n) is 7.42. The van der Waals surface area contributed by atoms with E-state index in [-0.39, 0.29) is 11.9 Å². The number of anilines is 1. The Kier molecular flexibility index (Phi) is 4.02. The van der Waals surface area contributed by atoms with Crippen molar-refractivity contribution in [2.45, 2.75) is 18.9 Å². The van der Waals surface area contributed by atoms with Gasteiger partial charge in [0.05, 0.1) is 11.9 Å². The maximum absolute atomic E-state index is 12.7. The Morgan fingerprint density at radius 1 is 1.33 bits per heavy atom. The summed E-state index contributed by atoms with van der Waals surface area (Å²) in [5.74, 6) is 0.221. The molecule has 1 aromatic heterocycles. The number of nitriles is 1. The molecule has 21 heavy (non-hydrogen) atoms. The summed E-state index contributed by atoms with van der Waals surface area (Å²) < 4.78 is 0. The third kappa shape index (κ3) is 2.83. The fourth-order valence-corrected chi connectivity index (χ4v) is 3.05. The molecule has 1 amide bonds. The van der Waals surface area contributed by atoms with Gasteiger partial charge in [-0.15, -0.1) is 0 Å². The molecule has 1 aromatic rings. The van der Waals surface area contributed by atoms with Crippen LogP contribution >= 0.6 is 0 Å². The minimum Gasteiger partial charge on any atom is -0.358 e. The van der Waals surface area contributed by atoms with Crippen molar-refractivity contribution >= 4 is 11.6 Å². The molecule has 0 spiro atoms. The fraction of sp³-hybridized carbons (Fsp3) is 0.533. The van der Waals surface area contributed by atoms with Gasteiger partial charge < -0.3 is 15.1 Å². The first kappa shape index (κ1) is 13.8. The van der Waals surface area contributed by atoms with Gasteiger partial charge in [0.25, 0.3) is 0 Å². The summed E-state index contributed by atoms with van der Waals surface area (Å²) in [5, 5.41) is 12.1. The largest absolute Gasteiger partial charge is 0.358 e. The minimum atomic E-state index is -0.0853. The van der Waals surface area contributed by atoms with E-state index in [0.717, 1.165) is 51.3 Å². The quantitative estimate of drug-likeness (QED) is 0.849. The van der Waals surface area contributed by atoms with Gasteiger partial charge in [-0.2, -0.15) is 5.26 Å². The van der Waals surface area contributed by atoms with Crippen LogP contribution in [0.2, 0.25) is 0 Å². The van der Waals surface area contributed by atoms with Crippen molar-refractivity contribution in [3.63, 3.8) is 0 Å². The molecule has 0 aliphatic carbocycles. The van der Waals surface area contributed by atoms with E-state index in [2.05, 4.69) is 15.2 Å². The van der Waals surface area contributed by atoms with Crippen molar-refractivity contribution in [1.29, 1.82) is 5.26 Å². The van der Waals surface area contributed by atoms with Gasteiger partial charge in [-0.25, -0.2) is 4.98 Å². The van der Waals surface area contributed by atoms with Crippen LogP contribution in [0.25, 0.3) is 0 Å². The Labute approximate surface area is 124 Å². The van der Waals surface area contributed by atoms with E-state index in [1.165, 1.54) is 0 Å². The highest BCUT2D eigenvalue weighted by molar-refractivity contribution is 5.86. The number of nitrogens with one attached hydrogen (secondary N) is 1. The second-order valence-electron chi connectivity index (χ2n) is 5.44. The summed E-state index contributed by atoms with van der Waals surface area (Å²) in [6.45, 7) is 4.19. The number of aromatic nitrogens is 1. The Hall–Kier alpha value is -2.13. The predicted molar refractivity (Wildman–Crippen MR) is 78.8 cm³/mol. The monoisotopic (exact) mass is 285 g/mol. The van der Waals surface area contributed by atoms with Gasteiger partial charge in [-0.1, -0.05) is 0 Å². The van der Waals surface area contributed by atoms with Gasteiger partial charge in [0.1, 0.15) is 17.8 Å². The molecule has 0 aromatic carbocycles. The smallest absolute Gasteiger partial charge is 0.245 e. The topological polar surface area (TPSA) is 72.3 Å². The van der Waals surface area contributed by atoms with Crippen LogP contribution in [0.1, 0.15) is 18.5 Å². The van der Waals surface area contributed by atoms with E-state index >= 15 is 0 Å². The van der Waals surface area contributed by atoms with Crippen LogP contribution < -0.4 is 10.2 Å². The fourth-order valence-electron chi connectivity index (χ4n) is 3.05. The zero-order valence-electron chi connectivity index (χ0n) is 12.0. The number of amides is 1. The molecule has 3 heterocycles. The molecule has 6 heteroatoms. The number of hydrogen-bond acceptors (Lipinski definition) is 5. The third-order valence-corrected chi connectivity index (χ3v) is 4.16. The summed E-state index contributed by atoms with van der Waals surface area (Å²) >= 11 is 0. The Morgan fingerprint density at radius 2 is 2.14 bits per heavy atom. The van der Waals surface area contributed by atoms with Crippen LogP contribution in [-0.4, -0.2) is 54.6 Å². The Bertz CT molecular complexity index is 544. The maximum atomic E-state index is 12.7. The summed E-state index contributed by atoms with van der Waals surface area (Å²) in [6, 6.07) is 5.53. The van der Waals surface area contributed by atoms with Gasteiger partial charge in [-0.3, -0.25) is 4.79 Å². The van der Waals surface area contributed by atoms with Crippen molar-refractivity contribution in [1.82, 2.24) is 15.2 Å². The number of nitrogens with zero attached hydrogens (tertiary/aromatic N) is 4. The lowest BCUT2D eigenvalue weighted by Gasteiger charge is -2.33. The van der Waals surface area contributed by atoms with E-state index in [1.807, 2.05) is 17.0 Å². The molecule has 0 radical (unpaired) electrons. The van der Waals surface area contributed by atoms with Gasteiger partial charge >= 0.3 is 0 Å². The molecule has 1 atom stereocenters. The number of hydrogen-bond donors (Lipinski definition) is 1. The molecule has 0 bridgehead atoms. The number of rotatable bonds is 2. The Balaban J connectivity index is 1.75. The predicted octanol–water partition coefficient (Wildman–Crippen LogP) is 0.354. The number of carbonyl (C=O) groups is 1. The first-order valence-corrected chi connectivity index (χ1v) is 7.42. The maximum Gasteiger partial charge on any atom is 0.245 e. The van der Waals surface area contributed by atoms with Crippen LogP contribution in [0.3, 0.4) is 0 Å². The SMILES string of the molecule is N#Cc1ccc(N2CCCC2C(=O)N2CCNCC2)cn1. The van der Waals surface area contributed by atoms with E-state index in [0.29, 0.717) is 5.69 Å². The highest BCUT2D eigenvalue weighted by atomic mass is 16.2. The number of pyridine rings is 1. The average molecular weight is 285 g/mol. The standard InChI is InChI=1S/C15H19N5O/c16-10-12-3-4-13(11-18-12)20-7-1-2-14(20)15(21)19-8-5-17-6-9-19/h3-4,11,14,17H,1-2,5-9H2. The van der Waals surface area contributed by atoms with E-state index in [4.69, 9.17) is 5.26 Å². The molecule has 2 aliphatic heterocycles. The van der Waals surface area contributed by atoms with Gasteiger partial charge in [0.15, 0.2) is 0 Å². The number of piperazine rings is 1. The van der Waals surface area contributed by atoms with Crippen molar-refractivity contribution in [2.24, 2.45) is 0 Å². The average Bonchev–Trinajstić information content (AvgIpc) is 3.04. The minimum absolute atomic E-state index is 0.0853. The van der Waals surface area contributed by atoms with Crippen molar-refractivity contribution in [3.05, 3.63) is 24.0 Å². The van der Waals surface area contributed by atoms with Crippen LogP contribution in [0, 0.1) is 11.3 Å². The van der Waals surface area contributed by atoms with Crippen LogP contribution in [-0.2, 0) is 4.79 Å². The number of carbonyl (C=O) groups excluding carboxylic acids is 1. The van der Waals surface area contributed by atoms with Gasteiger partial charge in [0, 0.05) is 32.7 Å². The van der Waals surface area contributed by atoms with Crippen molar-refractivity contribution in [2.75, 3.05) is 37.6 Å². The zero-order valence-corrected chi connectivity index (χ0v) is 12.0.